The minimum atomic E-state index is -0.988. The summed E-state index contributed by atoms with van der Waals surface area (Å²) in [7, 11) is 0. The molecule has 8 heteroatoms. The van der Waals surface area contributed by atoms with Gasteiger partial charge in [0.15, 0.2) is 0 Å². The van der Waals surface area contributed by atoms with Gasteiger partial charge in [-0.2, -0.15) is 0 Å². The normalized spacial score (nSPS) is 14.3. The van der Waals surface area contributed by atoms with Crippen molar-refractivity contribution in [1.82, 2.24) is 10.2 Å². The number of thioether (sulfide) groups is 1. The molecular formula is C14H14N2O5S. The average molecular weight is 322 g/mol. The van der Waals surface area contributed by atoms with Gasteiger partial charge in [-0.25, -0.2) is 0 Å². The summed E-state index contributed by atoms with van der Waals surface area (Å²) in [6, 6.07) is 6.54. The quantitative estimate of drug-likeness (QED) is 0.812. The first-order valence-electron chi connectivity index (χ1n) is 6.53. The zero-order chi connectivity index (χ0) is 16.1. The van der Waals surface area contributed by atoms with Crippen molar-refractivity contribution in [2.24, 2.45) is 0 Å². The first-order chi connectivity index (χ1) is 10.5. The van der Waals surface area contributed by atoms with E-state index in [-0.39, 0.29) is 36.4 Å². The van der Waals surface area contributed by atoms with Gasteiger partial charge >= 0.3 is 5.97 Å². The summed E-state index contributed by atoms with van der Waals surface area (Å²) in [5, 5.41) is 10.7. The number of benzene rings is 1. The monoisotopic (exact) mass is 322 g/mol. The third-order valence-electron chi connectivity index (χ3n) is 2.99. The van der Waals surface area contributed by atoms with Crippen LogP contribution < -0.4 is 5.32 Å². The summed E-state index contributed by atoms with van der Waals surface area (Å²) < 4.78 is 0. The minimum absolute atomic E-state index is 0.0398. The number of carbonyl (C=O) groups excluding carboxylic acids is 3. The SMILES string of the molecule is O=C(O)CCNC(=O)c1cccc(CN2C(=O)CSC2=O)c1. The summed E-state index contributed by atoms with van der Waals surface area (Å²) in [5.74, 6) is -1.48. The minimum Gasteiger partial charge on any atom is -0.481 e. The highest BCUT2D eigenvalue weighted by Crippen LogP contribution is 2.21. The standard InChI is InChI=1S/C14H14N2O5S/c17-11-8-22-14(21)16(11)7-9-2-1-3-10(6-9)13(20)15-5-4-12(18)19/h1-3,6H,4-5,7-8H2,(H,15,20)(H,18,19). The van der Waals surface area contributed by atoms with E-state index in [1.54, 1.807) is 24.3 Å². The second kappa shape index (κ2) is 7.08. The molecule has 0 unspecified atom stereocenters. The van der Waals surface area contributed by atoms with Gasteiger partial charge in [-0.3, -0.25) is 24.1 Å². The Morgan fingerprint density at radius 2 is 2.09 bits per heavy atom. The number of amides is 3. The van der Waals surface area contributed by atoms with Gasteiger partial charge in [-0.15, -0.1) is 0 Å². The van der Waals surface area contributed by atoms with E-state index in [1.807, 2.05) is 0 Å². The van der Waals surface area contributed by atoms with Gasteiger partial charge in [0.1, 0.15) is 0 Å². The van der Waals surface area contributed by atoms with Crippen LogP contribution in [0.15, 0.2) is 24.3 Å². The number of rotatable bonds is 6. The van der Waals surface area contributed by atoms with Crippen molar-refractivity contribution in [1.29, 1.82) is 0 Å². The first kappa shape index (κ1) is 16.0. The fourth-order valence-electron chi connectivity index (χ4n) is 1.91. The number of carbonyl (C=O) groups is 4. The third-order valence-corrected chi connectivity index (χ3v) is 3.85. The highest BCUT2D eigenvalue weighted by atomic mass is 32.2. The maximum Gasteiger partial charge on any atom is 0.305 e. The molecule has 7 nitrogen and oxygen atoms in total. The van der Waals surface area contributed by atoms with Crippen molar-refractivity contribution >= 4 is 34.8 Å². The summed E-state index contributed by atoms with van der Waals surface area (Å²) in [6.07, 6.45) is -0.153. The fourth-order valence-corrected chi connectivity index (χ4v) is 2.64. The fraction of sp³-hybridized carbons (Fsp3) is 0.286. The van der Waals surface area contributed by atoms with E-state index in [2.05, 4.69) is 5.32 Å². The number of hydrogen-bond acceptors (Lipinski definition) is 5. The Labute approximate surface area is 130 Å². The Morgan fingerprint density at radius 3 is 2.73 bits per heavy atom. The number of nitrogens with zero attached hydrogens (tertiary/aromatic N) is 1. The Kier molecular flexibility index (Phi) is 5.16. The molecule has 1 aromatic carbocycles. The van der Waals surface area contributed by atoms with Crippen molar-refractivity contribution in [3.63, 3.8) is 0 Å². The van der Waals surface area contributed by atoms with Gasteiger partial charge in [0.05, 0.1) is 18.7 Å². The molecule has 0 saturated carbocycles. The number of nitrogens with one attached hydrogen (secondary N) is 1. The average Bonchev–Trinajstić information content (AvgIpc) is 2.79. The van der Waals surface area contributed by atoms with Crippen molar-refractivity contribution in [2.45, 2.75) is 13.0 Å². The molecule has 0 aromatic heterocycles. The maximum atomic E-state index is 11.9. The smallest absolute Gasteiger partial charge is 0.305 e. The molecule has 0 bridgehead atoms. The molecule has 1 heterocycles. The van der Waals surface area contributed by atoms with Crippen LogP contribution in [0.1, 0.15) is 22.3 Å². The molecule has 2 rings (SSSR count). The molecule has 116 valence electrons. The van der Waals surface area contributed by atoms with E-state index < -0.39 is 11.9 Å². The first-order valence-corrected chi connectivity index (χ1v) is 7.52. The second-order valence-corrected chi connectivity index (χ2v) is 5.56. The molecule has 1 saturated heterocycles. The number of carboxylic acid groups (broad SMARTS) is 1. The number of hydrogen-bond donors (Lipinski definition) is 2. The second-order valence-electron chi connectivity index (χ2n) is 4.63. The molecule has 0 atom stereocenters. The molecule has 2 N–H and O–H groups in total. The number of carboxylic acids is 1. The lowest BCUT2D eigenvalue weighted by Crippen LogP contribution is -2.28. The van der Waals surface area contributed by atoms with Crippen LogP contribution in [0.3, 0.4) is 0 Å². The molecule has 1 aromatic rings. The van der Waals surface area contributed by atoms with Gasteiger partial charge in [0.25, 0.3) is 11.1 Å². The van der Waals surface area contributed by atoms with Gasteiger partial charge in [0, 0.05) is 12.1 Å². The van der Waals surface area contributed by atoms with Gasteiger partial charge < -0.3 is 10.4 Å². The van der Waals surface area contributed by atoms with Crippen molar-refractivity contribution in [2.75, 3.05) is 12.3 Å². The summed E-state index contributed by atoms with van der Waals surface area (Å²) >= 11 is 0.960. The van der Waals surface area contributed by atoms with E-state index in [9.17, 15) is 19.2 Å². The molecule has 1 aliphatic rings. The molecule has 3 amide bonds. The van der Waals surface area contributed by atoms with Crippen LogP contribution in [0.4, 0.5) is 4.79 Å². The molecule has 0 spiro atoms. The summed E-state index contributed by atoms with van der Waals surface area (Å²) in [6.45, 7) is 0.166. The zero-order valence-electron chi connectivity index (χ0n) is 11.6. The van der Waals surface area contributed by atoms with Crippen LogP contribution in [0.5, 0.6) is 0 Å². The maximum absolute atomic E-state index is 11.9. The van der Waals surface area contributed by atoms with Gasteiger partial charge in [0.2, 0.25) is 5.91 Å². The third kappa shape index (κ3) is 4.08. The summed E-state index contributed by atoms with van der Waals surface area (Å²) in [5.41, 5.74) is 1.02. The van der Waals surface area contributed by atoms with Gasteiger partial charge in [-0.05, 0) is 17.7 Å². The molecule has 22 heavy (non-hydrogen) atoms. The van der Waals surface area contributed by atoms with E-state index in [0.29, 0.717) is 11.1 Å². The van der Waals surface area contributed by atoms with Crippen LogP contribution in [0.2, 0.25) is 0 Å². The van der Waals surface area contributed by atoms with Gasteiger partial charge in [-0.1, -0.05) is 23.9 Å². The Morgan fingerprint density at radius 1 is 1.32 bits per heavy atom. The number of imide groups is 1. The van der Waals surface area contributed by atoms with Crippen molar-refractivity contribution in [3.05, 3.63) is 35.4 Å². The van der Waals surface area contributed by atoms with E-state index in [1.165, 1.54) is 0 Å². The summed E-state index contributed by atoms with van der Waals surface area (Å²) in [4.78, 5) is 46.5. The van der Waals surface area contributed by atoms with Crippen LogP contribution in [-0.2, 0) is 16.1 Å². The molecular weight excluding hydrogens is 308 g/mol. The van der Waals surface area contributed by atoms with Crippen LogP contribution >= 0.6 is 11.8 Å². The van der Waals surface area contributed by atoms with Crippen molar-refractivity contribution < 1.29 is 24.3 Å². The topological polar surface area (TPSA) is 104 Å². The molecule has 1 aliphatic heterocycles. The van der Waals surface area contributed by atoms with Crippen molar-refractivity contribution in [3.8, 4) is 0 Å². The lowest BCUT2D eigenvalue weighted by molar-refractivity contribution is -0.136. The van der Waals surface area contributed by atoms with Crippen LogP contribution in [-0.4, -0.2) is 45.3 Å². The molecule has 1 fully saturated rings. The highest BCUT2D eigenvalue weighted by molar-refractivity contribution is 8.14. The zero-order valence-corrected chi connectivity index (χ0v) is 12.4. The predicted octanol–water partition coefficient (Wildman–Crippen LogP) is 1.09. The van der Waals surface area contributed by atoms with E-state index in [0.717, 1.165) is 16.7 Å². The highest BCUT2D eigenvalue weighted by Gasteiger charge is 2.29. The largest absolute Gasteiger partial charge is 0.481 e. The Bertz CT molecular complexity index is 615. The molecule has 0 radical (unpaired) electrons. The van der Waals surface area contributed by atoms with E-state index >= 15 is 0 Å². The van der Waals surface area contributed by atoms with E-state index in [4.69, 9.17) is 5.11 Å². The van der Waals surface area contributed by atoms with Crippen LogP contribution in [0.25, 0.3) is 0 Å². The predicted molar refractivity (Wildman–Crippen MR) is 79.4 cm³/mol. The molecule has 0 aliphatic carbocycles. The van der Waals surface area contributed by atoms with Crippen LogP contribution in [0, 0.1) is 0 Å². The Hall–Kier alpha value is -2.35. The number of aliphatic carboxylic acids is 1. The Balaban J connectivity index is 2.00. The lowest BCUT2D eigenvalue weighted by atomic mass is 10.1. The lowest BCUT2D eigenvalue weighted by Gasteiger charge is -2.13.